The second-order valence-corrected chi connectivity index (χ2v) is 5.18. The van der Waals surface area contributed by atoms with E-state index in [0.717, 1.165) is 12.1 Å². The van der Waals surface area contributed by atoms with Crippen LogP contribution < -0.4 is 5.73 Å². The van der Waals surface area contributed by atoms with Gasteiger partial charge in [0.2, 0.25) is 0 Å². The molecule has 0 amide bonds. The van der Waals surface area contributed by atoms with Gasteiger partial charge in [-0.15, -0.1) is 0 Å². The van der Waals surface area contributed by atoms with E-state index < -0.39 is 23.5 Å². The first-order chi connectivity index (χ1) is 8.90. The van der Waals surface area contributed by atoms with Crippen molar-refractivity contribution in [2.75, 3.05) is 0 Å². The summed E-state index contributed by atoms with van der Waals surface area (Å²) in [6, 6.07) is 5.19. The Hall–Kier alpha value is -1.33. The van der Waals surface area contributed by atoms with E-state index in [2.05, 4.69) is 15.9 Å². The van der Waals surface area contributed by atoms with Crippen LogP contribution in [0.4, 0.5) is 13.2 Å². The monoisotopic (exact) mass is 329 g/mol. The molecule has 0 aliphatic heterocycles. The smallest absolute Gasteiger partial charge is 0.128 e. The summed E-state index contributed by atoms with van der Waals surface area (Å²) in [6.45, 7) is 1.45. The van der Waals surface area contributed by atoms with Gasteiger partial charge in [-0.1, -0.05) is 15.9 Å². The Labute approximate surface area is 117 Å². The van der Waals surface area contributed by atoms with Crippen molar-refractivity contribution >= 4 is 15.9 Å². The van der Waals surface area contributed by atoms with Gasteiger partial charge in [-0.3, -0.25) is 0 Å². The maximum absolute atomic E-state index is 13.8. The number of hydrogen-bond acceptors (Lipinski definition) is 1. The molecule has 0 saturated carbocycles. The summed E-state index contributed by atoms with van der Waals surface area (Å²) in [5.41, 5.74) is 6.06. The Morgan fingerprint density at radius 2 is 1.58 bits per heavy atom. The molecule has 1 atom stereocenters. The first-order valence-electron chi connectivity index (χ1n) is 5.56. The van der Waals surface area contributed by atoms with Crippen LogP contribution in [0.1, 0.15) is 22.7 Å². The predicted octanol–water partition coefficient (Wildman–Crippen LogP) is 4.22. The van der Waals surface area contributed by atoms with E-state index >= 15 is 0 Å². The molecule has 2 aromatic carbocycles. The Balaban J connectivity index is 2.52. The molecule has 1 nitrogen and oxygen atoms in total. The van der Waals surface area contributed by atoms with Gasteiger partial charge in [0.1, 0.15) is 17.5 Å². The third-order valence-electron chi connectivity index (χ3n) is 2.91. The average molecular weight is 330 g/mol. The molecular formula is C14H11BrF3N. The van der Waals surface area contributed by atoms with Gasteiger partial charge in [-0.2, -0.15) is 0 Å². The first kappa shape index (κ1) is 14.1. The van der Waals surface area contributed by atoms with Crippen molar-refractivity contribution in [3.05, 3.63) is 68.9 Å². The summed E-state index contributed by atoms with van der Waals surface area (Å²) < 4.78 is 41.6. The fourth-order valence-electron chi connectivity index (χ4n) is 1.82. The zero-order chi connectivity index (χ0) is 14.2. The maximum Gasteiger partial charge on any atom is 0.128 e. The van der Waals surface area contributed by atoms with Crippen molar-refractivity contribution in [1.82, 2.24) is 0 Å². The molecule has 0 heterocycles. The molecule has 0 aliphatic carbocycles. The highest BCUT2D eigenvalue weighted by atomic mass is 79.9. The summed E-state index contributed by atoms with van der Waals surface area (Å²) >= 11 is 3.19. The van der Waals surface area contributed by atoms with Gasteiger partial charge < -0.3 is 5.73 Å². The highest BCUT2D eigenvalue weighted by molar-refractivity contribution is 9.10. The Bertz CT molecular complexity index is 628. The van der Waals surface area contributed by atoms with Gasteiger partial charge in [0.25, 0.3) is 0 Å². The van der Waals surface area contributed by atoms with Crippen LogP contribution in [0.3, 0.4) is 0 Å². The number of benzene rings is 2. The van der Waals surface area contributed by atoms with E-state index in [-0.39, 0.29) is 16.7 Å². The standard InChI is InChI=1S/C14H11BrF3N/c1-7-4-13(18)10(6-12(7)17)14(19)9-5-8(15)2-3-11(9)16/h2-6,14H,19H2,1H3. The third kappa shape index (κ3) is 2.82. The minimum absolute atomic E-state index is 0.0694. The summed E-state index contributed by atoms with van der Waals surface area (Å²) in [7, 11) is 0. The molecule has 0 radical (unpaired) electrons. The van der Waals surface area contributed by atoms with Crippen molar-refractivity contribution in [3.63, 3.8) is 0 Å². The largest absolute Gasteiger partial charge is 0.320 e. The average Bonchev–Trinajstić information content (AvgIpc) is 2.36. The predicted molar refractivity (Wildman–Crippen MR) is 71.2 cm³/mol. The van der Waals surface area contributed by atoms with Crippen molar-refractivity contribution in [2.45, 2.75) is 13.0 Å². The molecule has 2 N–H and O–H groups in total. The SMILES string of the molecule is Cc1cc(F)c(C(N)c2cc(Br)ccc2F)cc1F. The van der Waals surface area contributed by atoms with Gasteiger partial charge in [-0.25, -0.2) is 13.2 Å². The number of aryl methyl sites for hydroxylation is 1. The quantitative estimate of drug-likeness (QED) is 0.876. The lowest BCUT2D eigenvalue weighted by atomic mass is 9.97. The van der Waals surface area contributed by atoms with E-state index in [1.54, 1.807) is 0 Å². The Kier molecular flexibility index (Phi) is 3.96. The van der Waals surface area contributed by atoms with Crippen LogP contribution in [0.2, 0.25) is 0 Å². The lowest BCUT2D eigenvalue weighted by molar-refractivity contribution is 0.558. The van der Waals surface area contributed by atoms with Crippen molar-refractivity contribution in [3.8, 4) is 0 Å². The second-order valence-electron chi connectivity index (χ2n) is 4.27. The highest BCUT2D eigenvalue weighted by Crippen LogP contribution is 2.28. The fraction of sp³-hybridized carbons (Fsp3) is 0.143. The number of halogens is 4. The molecule has 100 valence electrons. The van der Waals surface area contributed by atoms with Gasteiger partial charge in [0.15, 0.2) is 0 Å². The van der Waals surface area contributed by atoms with Gasteiger partial charge in [0.05, 0.1) is 6.04 Å². The molecule has 0 aliphatic rings. The molecule has 19 heavy (non-hydrogen) atoms. The van der Waals surface area contributed by atoms with E-state index in [9.17, 15) is 13.2 Å². The minimum Gasteiger partial charge on any atom is -0.320 e. The number of rotatable bonds is 2. The van der Waals surface area contributed by atoms with Crippen molar-refractivity contribution in [2.24, 2.45) is 5.73 Å². The van der Waals surface area contributed by atoms with E-state index in [1.807, 2.05) is 0 Å². The second kappa shape index (κ2) is 5.35. The molecule has 2 rings (SSSR count). The van der Waals surface area contributed by atoms with E-state index in [0.29, 0.717) is 4.47 Å². The normalized spacial score (nSPS) is 12.5. The number of hydrogen-bond donors (Lipinski definition) is 1. The minimum atomic E-state index is -1.06. The zero-order valence-electron chi connectivity index (χ0n) is 10.1. The molecule has 0 saturated heterocycles. The topological polar surface area (TPSA) is 26.0 Å². The molecule has 2 aromatic rings. The molecule has 0 fully saturated rings. The molecule has 0 spiro atoms. The first-order valence-corrected chi connectivity index (χ1v) is 6.35. The molecule has 0 aromatic heterocycles. The van der Waals surface area contributed by atoms with Gasteiger partial charge in [-0.05, 0) is 42.8 Å². The maximum atomic E-state index is 13.8. The zero-order valence-corrected chi connectivity index (χ0v) is 11.6. The van der Waals surface area contributed by atoms with Crippen LogP contribution in [0.5, 0.6) is 0 Å². The van der Waals surface area contributed by atoms with Crippen molar-refractivity contribution < 1.29 is 13.2 Å². The molecule has 5 heteroatoms. The fourth-order valence-corrected chi connectivity index (χ4v) is 2.20. The summed E-state index contributed by atoms with van der Waals surface area (Å²) in [4.78, 5) is 0. The third-order valence-corrected chi connectivity index (χ3v) is 3.40. The molecule has 0 bridgehead atoms. The van der Waals surface area contributed by atoms with Gasteiger partial charge in [0, 0.05) is 15.6 Å². The highest BCUT2D eigenvalue weighted by Gasteiger charge is 2.19. The van der Waals surface area contributed by atoms with Crippen LogP contribution >= 0.6 is 15.9 Å². The van der Waals surface area contributed by atoms with Crippen LogP contribution in [0, 0.1) is 24.4 Å². The molecular weight excluding hydrogens is 319 g/mol. The van der Waals surface area contributed by atoms with E-state index in [1.165, 1.54) is 25.1 Å². The van der Waals surface area contributed by atoms with Gasteiger partial charge >= 0.3 is 0 Å². The summed E-state index contributed by atoms with van der Waals surface area (Å²) in [6.07, 6.45) is 0. The summed E-state index contributed by atoms with van der Waals surface area (Å²) in [5, 5.41) is 0. The molecule has 1 unspecified atom stereocenters. The van der Waals surface area contributed by atoms with Crippen LogP contribution in [-0.2, 0) is 0 Å². The Morgan fingerprint density at radius 3 is 2.26 bits per heavy atom. The lowest BCUT2D eigenvalue weighted by Gasteiger charge is -2.15. The van der Waals surface area contributed by atoms with E-state index in [4.69, 9.17) is 5.73 Å². The van der Waals surface area contributed by atoms with Crippen LogP contribution in [-0.4, -0.2) is 0 Å². The Morgan fingerprint density at radius 1 is 0.947 bits per heavy atom. The number of nitrogens with two attached hydrogens (primary N) is 1. The van der Waals surface area contributed by atoms with Crippen LogP contribution in [0.25, 0.3) is 0 Å². The lowest BCUT2D eigenvalue weighted by Crippen LogP contribution is -2.16. The van der Waals surface area contributed by atoms with Crippen molar-refractivity contribution in [1.29, 1.82) is 0 Å². The summed E-state index contributed by atoms with van der Waals surface area (Å²) in [5.74, 6) is -1.77. The van der Waals surface area contributed by atoms with Crippen LogP contribution in [0.15, 0.2) is 34.8 Å².